The summed E-state index contributed by atoms with van der Waals surface area (Å²) in [7, 11) is 0. The summed E-state index contributed by atoms with van der Waals surface area (Å²) in [5.41, 5.74) is 1.61. The van der Waals surface area contributed by atoms with Crippen LogP contribution in [0.3, 0.4) is 0 Å². The number of carboxylic acids is 1. The largest absolute Gasteiger partial charge is 0.490 e. The van der Waals surface area contributed by atoms with E-state index >= 15 is 0 Å². The van der Waals surface area contributed by atoms with Gasteiger partial charge < -0.3 is 19.9 Å². The Morgan fingerprint density at radius 2 is 1.80 bits per heavy atom. The zero-order chi connectivity index (χ0) is 17.6. The van der Waals surface area contributed by atoms with Gasteiger partial charge in [-0.3, -0.25) is 4.79 Å². The standard InChI is InChI=1S/C19H19NO5/c21-18(14-5-6-16-17(12-14)25-10-2-9-24-16)20-8-7-13-3-1-4-15(11-13)19(22)23/h1,3-6,11-12H,2,7-10H2,(H,20,21)(H,22,23). The summed E-state index contributed by atoms with van der Waals surface area (Å²) < 4.78 is 11.1. The molecule has 0 aromatic heterocycles. The highest BCUT2D eigenvalue weighted by atomic mass is 16.5. The first-order valence-corrected chi connectivity index (χ1v) is 8.13. The molecule has 0 atom stereocenters. The van der Waals surface area contributed by atoms with Crippen LogP contribution in [0.25, 0.3) is 0 Å². The van der Waals surface area contributed by atoms with Gasteiger partial charge in [-0.2, -0.15) is 0 Å². The van der Waals surface area contributed by atoms with Crippen LogP contribution >= 0.6 is 0 Å². The molecule has 0 fully saturated rings. The van der Waals surface area contributed by atoms with E-state index < -0.39 is 5.97 Å². The van der Waals surface area contributed by atoms with Crippen molar-refractivity contribution in [2.24, 2.45) is 0 Å². The van der Waals surface area contributed by atoms with E-state index in [2.05, 4.69) is 5.32 Å². The van der Waals surface area contributed by atoms with Gasteiger partial charge in [-0.1, -0.05) is 12.1 Å². The SMILES string of the molecule is O=C(O)c1cccc(CCNC(=O)c2ccc3c(c2)OCCCO3)c1. The van der Waals surface area contributed by atoms with Gasteiger partial charge in [-0.25, -0.2) is 4.79 Å². The van der Waals surface area contributed by atoms with Gasteiger partial charge in [0.25, 0.3) is 5.91 Å². The molecule has 130 valence electrons. The predicted octanol–water partition coefficient (Wildman–Crippen LogP) is 2.52. The van der Waals surface area contributed by atoms with Gasteiger partial charge in [0, 0.05) is 18.5 Å². The molecule has 6 nitrogen and oxygen atoms in total. The van der Waals surface area contributed by atoms with Crippen molar-refractivity contribution in [1.29, 1.82) is 0 Å². The van der Waals surface area contributed by atoms with Gasteiger partial charge >= 0.3 is 5.97 Å². The number of carboxylic acid groups (broad SMARTS) is 1. The van der Waals surface area contributed by atoms with Crippen LogP contribution in [-0.2, 0) is 6.42 Å². The number of aromatic carboxylic acids is 1. The minimum absolute atomic E-state index is 0.204. The molecule has 2 aromatic rings. The van der Waals surface area contributed by atoms with E-state index in [4.69, 9.17) is 14.6 Å². The van der Waals surface area contributed by atoms with E-state index in [1.807, 2.05) is 6.07 Å². The van der Waals surface area contributed by atoms with E-state index in [-0.39, 0.29) is 11.5 Å². The van der Waals surface area contributed by atoms with Gasteiger partial charge in [0.2, 0.25) is 0 Å². The van der Waals surface area contributed by atoms with Gasteiger partial charge in [0.15, 0.2) is 11.5 Å². The third-order valence-corrected chi connectivity index (χ3v) is 3.88. The van der Waals surface area contributed by atoms with Gasteiger partial charge in [-0.05, 0) is 42.3 Å². The normalized spacial score (nSPS) is 13.0. The molecular weight excluding hydrogens is 322 g/mol. The fourth-order valence-electron chi connectivity index (χ4n) is 2.59. The molecule has 3 rings (SSSR count). The Kier molecular flexibility index (Phi) is 5.18. The molecule has 0 unspecified atom stereocenters. The maximum Gasteiger partial charge on any atom is 0.335 e. The van der Waals surface area contributed by atoms with E-state index in [9.17, 15) is 9.59 Å². The van der Waals surface area contributed by atoms with Crippen LogP contribution < -0.4 is 14.8 Å². The number of hydrogen-bond acceptors (Lipinski definition) is 4. The second kappa shape index (κ2) is 7.70. The minimum Gasteiger partial charge on any atom is -0.490 e. The van der Waals surface area contributed by atoms with E-state index in [1.54, 1.807) is 36.4 Å². The molecule has 1 heterocycles. The lowest BCUT2D eigenvalue weighted by atomic mass is 10.1. The molecular formula is C19H19NO5. The van der Waals surface area contributed by atoms with Crippen LogP contribution in [0, 0.1) is 0 Å². The molecule has 0 radical (unpaired) electrons. The van der Waals surface area contributed by atoms with Gasteiger partial charge in [0.05, 0.1) is 18.8 Å². The fraction of sp³-hybridized carbons (Fsp3) is 0.263. The van der Waals surface area contributed by atoms with E-state index in [1.165, 1.54) is 0 Å². The lowest BCUT2D eigenvalue weighted by molar-refractivity contribution is 0.0696. The number of carbonyl (C=O) groups is 2. The number of benzene rings is 2. The van der Waals surface area contributed by atoms with Crippen molar-refractivity contribution in [2.75, 3.05) is 19.8 Å². The summed E-state index contributed by atoms with van der Waals surface area (Å²) >= 11 is 0. The molecule has 1 aliphatic heterocycles. The van der Waals surface area contributed by atoms with Crippen LogP contribution in [-0.4, -0.2) is 36.7 Å². The number of rotatable bonds is 5. The average molecular weight is 341 g/mol. The zero-order valence-corrected chi connectivity index (χ0v) is 13.7. The summed E-state index contributed by atoms with van der Waals surface area (Å²) in [4.78, 5) is 23.3. The summed E-state index contributed by atoms with van der Waals surface area (Å²) in [6.07, 6.45) is 1.36. The number of amides is 1. The minimum atomic E-state index is -0.960. The smallest absolute Gasteiger partial charge is 0.335 e. The average Bonchev–Trinajstić information content (AvgIpc) is 2.86. The van der Waals surface area contributed by atoms with Crippen LogP contribution in [0.1, 0.15) is 32.7 Å². The van der Waals surface area contributed by atoms with Crippen LogP contribution in [0.15, 0.2) is 42.5 Å². The first-order chi connectivity index (χ1) is 12.1. The lowest BCUT2D eigenvalue weighted by Gasteiger charge is -2.10. The van der Waals surface area contributed by atoms with Gasteiger partial charge in [0.1, 0.15) is 0 Å². The molecule has 25 heavy (non-hydrogen) atoms. The van der Waals surface area contributed by atoms with Crippen molar-refractivity contribution >= 4 is 11.9 Å². The first-order valence-electron chi connectivity index (χ1n) is 8.13. The molecule has 1 amide bonds. The summed E-state index contributed by atoms with van der Waals surface area (Å²) in [6.45, 7) is 1.59. The molecule has 0 spiro atoms. The lowest BCUT2D eigenvalue weighted by Crippen LogP contribution is -2.25. The maximum absolute atomic E-state index is 12.3. The first kappa shape index (κ1) is 16.8. The number of fused-ring (bicyclic) bond motifs is 1. The van der Waals surface area contributed by atoms with Crippen LogP contribution in [0.5, 0.6) is 11.5 Å². The fourth-order valence-corrected chi connectivity index (χ4v) is 2.59. The molecule has 1 aliphatic rings. The second-order valence-electron chi connectivity index (χ2n) is 5.72. The second-order valence-corrected chi connectivity index (χ2v) is 5.72. The Morgan fingerprint density at radius 1 is 1.00 bits per heavy atom. The third kappa shape index (κ3) is 4.29. The topological polar surface area (TPSA) is 84.9 Å². The molecule has 0 aliphatic carbocycles. The van der Waals surface area contributed by atoms with Crippen LogP contribution in [0.4, 0.5) is 0 Å². The Hall–Kier alpha value is -3.02. The van der Waals surface area contributed by atoms with Crippen molar-refractivity contribution in [3.63, 3.8) is 0 Å². The number of hydrogen-bond donors (Lipinski definition) is 2. The van der Waals surface area contributed by atoms with Crippen molar-refractivity contribution < 1.29 is 24.2 Å². The van der Waals surface area contributed by atoms with Crippen molar-refractivity contribution in [1.82, 2.24) is 5.32 Å². The Balaban J connectivity index is 1.58. The molecule has 0 bridgehead atoms. The summed E-state index contributed by atoms with van der Waals surface area (Å²) in [5.74, 6) is 0.0713. The predicted molar refractivity (Wildman–Crippen MR) is 91.5 cm³/mol. The molecule has 2 N–H and O–H groups in total. The Labute approximate surface area is 145 Å². The monoisotopic (exact) mass is 341 g/mol. The van der Waals surface area contributed by atoms with Crippen molar-refractivity contribution in [3.8, 4) is 11.5 Å². The molecule has 0 saturated carbocycles. The maximum atomic E-state index is 12.3. The highest BCUT2D eigenvalue weighted by molar-refractivity contribution is 5.94. The van der Waals surface area contributed by atoms with Crippen LogP contribution in [0.2, 0.25) is 0 Å². The highest BCUT2D eigenvalue weighted by Gasteiger charge is 2.14. The van der Waals surface area contributed by atoms with Crippen molar-refractivity contribution in [2.45, 2.75) is 12.8 Å². The summed E-state index contributed by atoms with van der Waals surface area (Å²) in [5, 5.41) is 11.8. The number of ether oxygens (including phenoxy) is 2. The third-order valence-electron chi connectivity index (χ3n) is 3.88. The highest BCUT2D eigenvalue weighted by Crippen LogP contribution is 2.30. The zero-order valence-electron chi connectivity index (χ0n) is 13.7. The molecule has 6 heteroatoms. The number of carbonyl (C=O) groups excluding carboxylic acids is 1. The quantitative estimate of drug-likeness (QED) is 0.873. The van der Waals surface area contributed by atoms with Crippen molar-refractivity contribution in [3.05, 3.63) is 59.2 Å². The Bertz CT molecular complexity index is 787. The van der Waals surface area contributed by atoms with Gasteiger partial charge in [-0.15, -0.1) is 0 Å². The Morgan fingerprint density at radius 3 is 2.60 bits per heavy atom. The number of nitrogens with one attached hydrogen (secondary N) is 1. The van der Waals surface area contributed by atoms with E-state index in [0.717, 1.165) is 12.0 Å². The molecule has 0 saturated heterocycles. The summed E-state index contributed by atoms with van der Waals surface area (Å²) in [6, 6.07) is 11.8. The molecule has 2 aromatic carbocycles. The van der Waals surface area contributed by atoms with E-state index in [0.29, 0.717) is 43.2 Å².